The number of carbonyl (C=O) groups is 1. The zero-order valence-corrected chi connectivity index (χ0v) is 6.56. The standard InChI is InChI=1S/C5H10N2O2.ClH/c1-7-2-3-9-4(6)5(7)8;/h4H,2-3,6H2,1H3;1H. The highest BCUT2D eigenvalue weighted by Crippen LogP contribution is 1.98. The van der Waals surface area contributed by atoms with Gasteiger partial charge >= 0.3 is 0 Å². The minimum absolute atomic E-state index is 0. The van der Waals surface area contributed by atoms with Crippen molar-refractivity contribution in [2.45, 2.75) is 6.23 Å². The molecule has 0 radical (unpaired) electrons. The molecule has 1 saturated heterocycles. The Balaban J connectivity index is 0.000000810. The van der Waals surface area contributed by atoms with Gasteiger partial charge in [0.2, 0.25) is 0 Å². The third kappa shape index (κ3) is 1.83. The number of likely N-dealkylation sites (N-methyl/N-ethyl adjacent to an activating group) is 1. The topological polar surface area (TPSA) is 55.6 Å². The van der Waals surface area contributed by atoms with E-state index in [0.717, 1.165) is 0 Å². The number of amides is 1. The molecule has 1 fully saturated rings. The first-order chi connectivity index (χ1) is 4.22. The van der Waals surface area contributed by atoms with Gasteiger partial charge < -0.3 is 9.64 Å². The molecular formula is C5H11ClN2O2. The van der Waals surface area contributed by atoms with Gasteiger partial charge in [0.05, 0.1) is 6.61 Å². The summed E-state index contributed by atoms with van der Waals surface area (Å²) in [6.07, 6.45) is -0.733. The number of halogens is 1. The number of hydrogen-bond donors (Lipinski definition) is 1. The van der Waals surface area contributed by atoms with Crippen molar-refractivity contribution in [2.75, 3.05) is 20.2 Å². The maximum atomic E-state index is 10.8. The normalized spacial score (nSPS) is 26.0. The second kappa shape index (κ2) is 3.75. The van der Waals surface area contributed by atoms with Crippen LogP contribution in [-0.2, 0) is 9.53 Å². The SMILES string of the molecule is CN1CCOC(N)C1=O.Cl. The molecule has 10 heavy (non-hydrogen) atoms. The van der Waals surface area contributed by atoms with Crippen molar-refractivity contribution < 1.29 is 9.53 Å². The van der Waals surface area contributed by atoms with Crippen LogP contribution in [0.3, 0.4) is 0 Å². The highest BCUT2D eigenvalue weighted by molar-refractivity contribution is 5.85. The highest BCUT2D eigenvalue weighted by atomic mass is 35.5. The minimum atomic E-state index is -0.733. The molecule has 0 saturated carbocycles. The van der Waals surface area contributed by atoms with Crippen LogP contribution >= 0.6 is 12.4 Å². The lowest BCUT2D eigenvalue weighted by molar-refractivity contribution is -0.150. The Hall–Kier alpha value is -0.320. The average Bonchev–Trinajstić information content (AvgIpc) is 1.83. The van der Waals surface area contributed by atoms with E-state index < -0.39 is 6.23 Å². The molecule has 0 aromatic rings. The molecule has 1 aliphatic heterocycles. The summed E-state index contributed by atoms with van der Waals surface area (Å²) in [6.45, 7) is 1.19. The van der Waals surface area contributed by atoms with Gasteiger partial charge in [0.15, 0.2) is 6.23 Å². The maximum Gasteiger partial charge on any atom is 0.266 e. The summed E-state index contributed by atoms with van der Waals surface area (Å²) in [7, 11) is 1.71. The van der Waals surface area contributed by atoms with Crippen molar-refractivity contribution >= 4 is 18.3 Å². The Kier molecular flexibility index (Phi) is 3.63. The summed E-state index contributed by atoms with van der Waals surface area (Å²) >= 11 is 0. The quantitative estimate of drug-likeness (QED) is 0.512. The van der Waals surface area contributed by atoms with Gasteiger partial charge in [-0.25, -0.2) is 0 Å². The predicted octanol–water partition coefficient (Wildman–Crippen LogP) is -0.818. The molecular weight excluding hydrogens is 156 g/mol. The molecule has 1 rings (SSSR count). The predicted molar refractivity (Wildman–Crippen MR) is 38.8 cm³/mol. The van der Waals surface area contributed by atoms with Crippen LogP contribution in [0.4, 0.5) is 0 Å². The van der Waals surface area contributed by atoms with Gasteiger partial charge in [0.1, 0.15) is 0 Å². The van der Waals surface area contributed by atoms with Crippen LogP contribution in [0, 0.1) is 0 Å². The van der Waals surface area contributed by atoms with Gasteiger partial charge in [0.25, 0.3) is 5.91 Å². The Morgan fingerprint density at radius 2 is 2.40 bits per heavy atom. The monoisotopic (exact) mass is 166 g/mol. The van der Waals surface area contributed by atoms with E-state index in [2.05, 4.69) is 0 Å². The van der Waals surface area contributed by atoms with Crippen molar-refractivity contribution in [3.8, 4) is 0 Å². The van der Waals surface area contributed by atoms with Gasteiger partial charge in [-0.1, -0.05) is 0 Å². The smallest absolute Gasteiger partial charge is 0.266 e. The molecule has 1 atom stereocenters. The number of nitrogens with zero attached hydrogens (tertiary/aromatic N) is 1. The average molecular weight is 167 g/mol. The molecule has 0 bridgehead atoms. The van der Waals surface area contributed by atoms with E-state index in [1.54, 1.807) is 11.9 Å². The van der Waals surface area contributed by atoms with E-state index in [-0.39, 0.29) is 18.3 Å². The van der Waals surface area contributed by atoms with E-state index in [0.29, 0.717) is 13.2 Å². The fraction of sp³-hybridized carbons (Fsp3) is 0.800. The second-order valence-corrected chi connectivity index (χ2v) is 2.05. The molecule has 0 aromatic heterocycles. The van der Waals surface area contributed by atoms with E-state index in [1.807, 2.05) is 0 Å². The molecule has 2 N–H and O–H groups in total. The summed E-state index contributed by atoms with van der Waals surface area (Å²) in [4.78, 5) is 12.4. The maximum absolute atomic E-state index is 10.8. The summed E-state index contributed by atoms with van der Waals surface area (Å²) < 4.78 is 4.85. The summed E-state index contributed by atoms with van der Waals surface area (Å²) in [5.41, 5.74) is 5.26. The molecule has 60 valence electrons. The third-order valence-corrected chi connectivity index (χ3v) is 1.34. The van der Waals surface area contributed by atoms with Crippen molar-refractivity contribution in [1.82, 2.24) is 4.90 Å². The van der Waals surface area contributed by atoms with Crippen LogP contribution in [-0.4, -0.2) is 37.2 Å². The van der Waals surface area contributed by atoms with Gasteiger partial charge in [-0.2, -0.15) is 0 Å². The molecule has 1 aliphatic rings. The fourth-order valence-electron chi connectivity index (χ4n) is 0.715. The van der Waals surface area contributed by atoms with Gasteiger partial charge in [0, 0.05) is 13.6 Å². The lowest BCUT2D eigenvalue weighted by Gasteiger charge is -2.26. The Labute approximate surface area is 65.7 Å². The number of carbonyl (C=O) groups excluding carboxylic acids is 1. The Morgan fingerprint density at radius 3 is 2.80 bits per heavy atom. The van der Waals surface area contributed by atoms with Crippen LogP contribution in [0.1, 0.15) is 0 Å². The number of hydrogen-bond acceptors (Lipinski definition) is 3. The lowest BCUT2D eigenvalue weighted by Crippen LogP contribution is -2.49. The Morgan fingerprint density at radius 1 is 1.80 bits per heavy atom. The zero-order chi connectivity index (χ0) is 6.85. The highest BCUT2D eigenvalue weighted by Gasteiger charge is 2.22. The van der Waals surface area contributed by atoms with Crippen LogP contribution in [0.2, 0.25) is 0 Å². The van der Waals surface area contributed by atoms with Crippen molar-refractivity contribution in [1.29, 1.82) is 0 Å². The van der Waals surface area contributed by atoms with Crippen molar-refractivity contribution in [3.05, 3.63) is 0 Å². The summed E-state index contributed by atoms with van der Waals surface area (Å²) in [5.74, 6) is -0.138. The van der Waals surface area contributed by atoms with E-state index >= 15 is 0 Å². The number of rotatable bonds is 0. The molecule has 1 amide bonds. The van der Waals surface area contributed by atoms with E-state index in [9.17, 15) is 4.79 Å². The molecule has 0 spiro atoms. The molecule has 0 aromatic carbocycles. The number of morpholine rings is 1. The number of nitrogens with two attached hydrogens (primary N) is 1. The lowest BCUT2D eigenvalue weighted by atomic mass is 10.4. The van der Waals surface area contributed by atoms with E-state index in [4.69, 9.17) is 10.5 Å². The second-order valence-electron chi connectivity index (χ2n) is 2.05. The fourth-order valence-corrected chi connectivity index (χ4v) is 0.715. The third-order valence-electron chi connectivity index (χ3n) is 1.34. The molecule has 4 nitrogen and oxygen atoms in total. The zero-order valence-electron chi connectivity index (χ0n) is 5.74. The Bertz CT molecular complexity index is 119. The molecule has 0 aliphatic carbocycles. The van der Waals surface area contributed by atoms with Crippen LogP contribution in [0.5, 0.6) is 0 Å². The summed E-state index contributed by atoms with van der Waals surface area (Å²) in [5, 5.41) is 0. The van der Waals surface area contributed by atoms with Crippen LogP contribution in [0.25, 0.3) is 0 Å². The largest absolute Gasteiger partial charge is 0.352 e. The van der Waals surface area contributed by atoms with E-state index in [1.165, 1.54) is 0 Å². The first-order valence-corrected chi connectivity index (χ1v) is 2.84. The van der Waals surface area contributed by atoms with Crippen molar-refractivity contribution in [2.24, 2.45) is 5.73 Å². The van der Waals surface area contributed by atoms with Gasteiger partial charge in [-0.05, 0) is 0 Å². The first kappa shape index (κ1) is 9.68. The minimum Gasteiger partial charge on any atom is -0.352 e. The number of ether oxygens (including phenoxy) is 1. The molecule has 1 heterocycles. The van der Waals surface area contributed by atoms with Gasteiger partial charge in [-0.3, -0.25) is 10.5 Å². The summed E-state index contributed by atoms with van der Waals surface area (Å²) in [6, 6.07) is 0. The van der Waals surface area contributed by atoms with Crippen molar-refractivity contribution in [3.63, 3.8) is 0 Å². The first-order valence-electron chi connectivity index (χ1n) is 2.84. The van der Waals surface area contributed by atoms with Crippen LogP contribution in [0.15, 0.2) is 0 Å². The molecule has 1 unspecified atom stereocenters. The van der Waals surface area contributed by atoms with Gasteiger partial charge in [-0.15, -0.1) is 12.4 Å². The molecule has 5 heteroatoms. The van der Waals surface area contributed by atoms with Crippen LogP contribution < -0.4 is 5.73 Å².